The summed E-state index contributed by atoms with van der Waals surface area (Å²) in [5.74, 6) is 0.197. The number of carbonyl (C=O) groups excluding carboxylic acids is 1. The smallest absolute Gasteiger partial charge is 0.319 e. The predicted octanol–water partition coefficient (Wildman–Crippen LogP) is 5.10. The molecule has 138 valence electrons. The quantitative estimate of drug-likeness (QED) is 0.760. The van der Waals surface area contributed by atoms with Crippen LogP contribution in [0.1, 0.15) is 36.0 Å². The van der Waals surface area contributed by atoms with E-state index in [0.29, 0.717) is 11.6 Å². The van der Waals surface area contributed by atoms with Crippen LogP contribution in [0.2, 0.25) is 10.0 Å². The number of likely N-dealkylation sites (N-methyl/N-ethyl adjacent to an activating group) is 1. The van der Waals surface area contributed by atoms with Gasteiger partial charge in [-0.3, -0.25) is 0 Å². The third-order valence-electron chi connectivity index (χ3n) is 4.60. The normalized spacial score (nSPS) is 16.8. The molecule has 4 nitrogen and oxygen atoms in total. The van der Waals surface area contributed by atoms with Crippen LogP contribution in [0, 0.1) is 0 Å². The minimum Gasteiger partial charge on any atom is -0.338 e. The van der Waals surface area contributed by atoms with Crippen LogP contribution in [0.4, 0.5) is 10.5 Å². The molecular weight excluding hydrogens is 369 g/mol. The predicted molar refractivity (Wildman–Crippen MR) is 108 cm³/mol. The van der Waals surface area contributed by atoms with E-state index in [9.17, 15) is 4.79 Å². The highest BCUT2D eigenvalue weighted by Crippen LogP contribution is 2.38. The fourth-order valence-corrected chi connectivity index (χ4v) is 3.91. The third kappa shape index (κ3) is 4.32. The van der Waals surface area contributed by atoms with E-state index in [4.69, 9.17) is 23.2 Å². The Morgan fingerprint density at radius 3 is 2.65 bits per heavy atom. The number of benzene rings is 2. The molecule has 2 aromatic carbocycles. The van der Waals surface area contributed by atoms with Crippen molar-refractivity contribution in [2.45, 2.75) is 25.8 Å². The molecule has 26 heavy (non-hydrogen) atoms. The van der Waals surface area contributed by atoms with E-state index in [1.807, 2.05) is 25.1 Å². The molecule has 0 spiro atoms. The summed E-state index contributed by atoms with van der Waals surface area (Å²) in [6.07, 6.45) is 0.909. The van der Waals surface area contributed by atoms with E-state index in [1.54, 1.807) is 6.07 Å². The lowest BCUT2D eigenvalue weighted by Gasteiger charge is -2.33. The first kappa shape index (κ1) is 19.0. The summed E-state index contributed by atoms with van der Waals surface area (Å²) in [4.78, 5) is 14.0. The molecule has 2 amide bonds. The minimum atomic E-state index is -0.180. The molecule has 0 fully saturated rings. The highest BCUT2D eigenvalue weighted by molar-refractivity contribution is 6.35. The fourth-order valence-electron chi connectivity index (χ4n) is 3.34. The van der Waals surface area contributed by atoms with Gasteiger partial charge in [0.2, 0.25) is 0 Å². The molecule has 0 saturated heterocycles. The summed E-state index contributed by atoms with van der Waals surface area (Å²) in [5.41, 5.74) is 4.27. The van der Waals surface area contributed by atoms with Crippen LogP contribution < -0.4 is 10.6 Å². The Morgan fingerprint density at radius 2 is 1.96 bits per heavy atom. The van der Waals surface area contributed by atoms with E-state index < -0.39 is 0 Å². The van der Waals surface area contributed by atoms with Crippen molar-refractivity contribution in [2.75, 3.05) is 25.5 Å². The summed E-state index contributed by atoms with van der Waals surface area (Å²) in [7, 11) is 2.09. The van der Waals surface area contributed by atoms with Crippen molar-refractivity contribution in [1.82, 2.24) is 10.2 Å². The Labute approximate surface area is 164 Å². The van der Waals surface area contributed by atoms with E-state index >= 15 is 0 Å². The standard InChI is InChI=1S/C20H23Cl2N3O/c1-3-8-23-20(26)24-15-6-4-13(5-7-15)17-11-25(2)12-18-16(17)9-14(21)10-19(18)22/h4-7,9-10,17H,3,8,11-12H2,1-2H3,(H2,23,24,26). The molecule has 1 aliphatic heterocycles. The molecule has 0 aliphatic carbocycles. The van der Waals surface area contributed by atoms with Gasteiger partial charge < -0.3 is 15.5 Å². The van der Waals surface area contributed by atoms with Gasteiger partial charge in [-0.15, -0.1) is 0 Å². The van der Waals surface area contributed by atoms with Crippen molar-refractivity contribution in [3.63, 3.8) is 0 Å². The first-order valence-electron chi connectivity index (χ1n) is 8.79. The zero-order valence-corrected chi connectivity index (χ0v) is 16.5. The maximum Gasteiger partial charge on any atom is 0.319 e. The molecule has 0 radical (unpaired) electrons. The number of halogens is 2. The van der Waals surface area contributed by atoms with Crippen molar-refractivity contribution in [3.8, 4) is 0 Å². The average Bonchev–Trinajstić information content (AvgIpc) is 2.61. The largest absolute Gasteiger partial charge is 0.338 e. The van der Waals surface area contributed by atoms with Crippen molar-refractivity contribution in [2.24, 2.45) is 0 Å². The van der Waals surface area contributed by atoms with Crippen molar-refractivity contribution < 1.29 is 4.79 Å². The second-order valence-electron chi connectivity index (χ2n) is 6.71. The first-order chi connectivity index (χ1) is 12.5. The molecule has 6 heteroatoms. The molecule has 2 aromatic rings. The molecule has 1 heterocycles. The van der Waals surface area contributed by atoms with Crippen molar-refractivity contribution >= 4 is 34.9 Å². The van der Waals surface area contributed by atoms with Crippen LogP contribution in [-0.4, -0.2) is 31.1 Å². The average molecular weight is 392 g/mol. The number of fused-ring (bicyclic) bond motifs is 1. The molecule has 1 atom stereocenters. The number of nitrogens with zero attached hydrogens (tertiary/aromatic N) is 1. The molecular formula is C20H23Cl2N3O. The van der Waals surface area contributed by atoms with Crippen LogP contribution in [0.15, 0.2) is 36.4 Å². The zero-order valence-electron chi connectivity index (χ0n) is 15.0. The number of anilines is 1. The minimum absolute atomic E-state index is 0.180. The Bertz CT molecular complexity index is 792. The topological polar surface area (TPSA) is 44.4 Å². The van der Waals surface area contributed by atoms with Gasteiger partial charge in [0.25, 0.3) is 0 Å². The Morgan fingerprint density at radius 1 is 1.23 bits per heavy atom. The van der Waals surface area contributed by atoms with Gasteiger partial charge in [-0.1, -0.05) is 42.3 Å². The lowest BCUT2D eigenvalue weighted by Crippen LogP contribution is -2.31. The second-order valence-corrected chi connectivity index (χ2v) is 7.55. The van der Waals surface area contributed by atoms with Gasteiger partial charge >= 0.3 is 6.03 Å². The highest BCUT2D eigenvalue weighted by atomic mass is 35.5. The number of rotatable bonds is 4. The summed E-state index contributed by atoms with van der Waals surface area (Å²) in [5, 5.41) is 7.03. The fraction of sp³-hybridized carbons (Fsp3) is 0.350. The van der Waals surface area contributed by atoms with Crippen molar-refractivity contribution in [1.29, 1.82) is 0 Å². The van der Waals surface area contributed by atoms with Crippen LogP contribution in [0.3, 0.4) is 0 Å². The maximum absolute atomic E-state index is 11.8. The SMILES string of the molecule is CCCNC(=O)Nc1ccc(C2CN(C)Cc3c(Cl)cc(Cl)cc32)cc1. The Balaban J connectivity index is 1.83. The number of nitrogens with one attached hydrogen (secondary N) is 2. The van der Waals surface area contributed by atoms with Gasteiger partial charge in [-0.2, -0.15) is 0 Å². The summed E-state index contributed by atoms with van der Waals surface area (Å²) in [6, 6.07) is 11.6. The number of carbonyl (C=O) groups is 1. The Kier molecular flexibility index (Phi) is 6.07. The molecule has 1 unspecified atom stereocenters. The van der Waals surface area contributed by atoms with Gasteiger partial charge in [0.15, 0.2) is 0 Å². The number of hydrogen-bond acceptors (Lipinski definition) is 2. The van der Waals surface area contributed by atoms with Crippen LogP contribution >= 0.6 is 23.2 Å². The van der Waals surface area contributed by atoms with E-state index in [0.717, 1.165) is 35.8 Å². The highest BCUT2D eigenvalue weighted by Gasteiger charge is 2.27. The lowest BCUT2D eigenvalue weighted by atomic mass is 9.85. The summed E-state index contributed by atoms with van der Waals surface area (Å²) in [6.45, 7) is 4.40. The van der Waals surface area contributed by atoms with Gasteiger partial charge in [0.1, 0.15) is 0 Å². The van der Waals surface area contributed by atoms with Crippen molar-refractivity contribution in [3.05, 3.63) is 63.1 Å². The Hall–Kier alpha value is -1.75. The number of urea groups is 1. The van der Waals surface area contributed by atoms with Gasteiger partial charge in [0, 0.05) is 41.3 Å². The van der Waals surface area contributed by atoms with Gasteiger partial charge in [-0.25, -0.2) is 4.79 Å². The molecule has 1 aliphatic rings. The van der Waals surface area contributed by atoms with E-state index in [-0.39, 0.29) is 11.9 Å². The van der Waals surface area contributed by atoms with E-state index in [1.165, 1.54) is 11.1 Å². The van der Waals surface area contributed by atoms with Crippen LogP contribution in [-0.2, 0) is 6.54 Å². The zero-order chi connectivity index (χ0) is 18.7. The van der Waals surface area contributed by atoms with Gasteiger partial charge in [0.05, 0.1) is 0 Å². The lowest BCUT2D eigenvalue weighted by molar-refractivity contribution is 0.252. The third-order valence-corrected chi connectivity index (χ3v) is 5.15. The number of hydrogen-bond donors (Lipinski definition) is 2. The molecule has 0 saturated carbocycles. The second kappa shape index (κ2) is 8.30. The van der Waals surface area contributed by atoms with Crippen LogP contribution in [0.5, 0.6) is 0 Å². The molecule has 2 N–H and O–H groups in total. The maximum atomic E-state index is 11.8. The monoisotopic (exact) mass is 391 g/mol. The number of amides is 2. The summed E-state index contributed by atoms with van der Waals surface area (Å²) >= 11 is 12.7. The molecule has 3 rings (SSSR count). The molecule has 0 aromatic heterocycles. The first-order valence-corrected chi connectivity index (χ1v) is 9.54. The van der Waals surface area contributed by atoms with Crippen LogP contribution in [0.25, 0.3) is 0 Å². The summed E-state index contributed by atoms with van der Waals surface area (Å²) < 4.78 is 0. The van der Waals surface area contributed by atoms with E-state index in [2.05, 4.69) is 34.7 Å². The van der Waals surface area contributed by atoms with Gasteiger partial charge in [-0.05, 0) is 54.4 Å². The molecule has 0 bridgehead atoms.